The minimum atomic E-state index is -0.578. The number of hydrogen-bond donors (Lipinski definition) is 2. The van der Waals surface area contributed by atoms with Gasteiger partial charge in [0.1, 0.15) is 5.82 Å². The number of amides is 3. The number of nitrogens with two attached hydrogens (primary N) is 1. The Morgan fingerprint density at radius 3 is 2.50 bits per heavy atom. The number of para-hydroxylation sites is 1. The van der Waals surface area contributed by atoms with Crippen LogP contribution in [0.5, 0.6) is 0 Å². The van der Waals surface area contributed by atoms with Gasteiger partial charge in [-0.2, -0.15) is 0 Å². The van der Waals surface area contributed by atoms with Crippen molar-refractivity contribution < 1.29 is 14.0 Å². The maximum atomic E-state index is 13.7. The molecule has 0 aromatic heterocycles. The summed E-state index contributed by atoms with van der Waals surface area (Å²) in [6.45, 7) is 2.79. The van der Waals surface area contributed by atoms with Crippen LogP contribution in [-0.2, 0) is 4.79 Å². The molecule has 0 aliphatic carbocycles. The average molecular weight is 308 g/mol. The number of carbonyl (C=O) groups excluding carboxylic acids is 2. The minimum Gasteiger partial charge on any atom is -0.366 e. The van der Waals surface area contributed by atoms with Gasteiger partial charge in [-0.3, -0.25) is 4.79 Å². The third-order valence-corrected chi connectivity index (χ3v) is 3.69. The average Bonchev–Trinajstić information content (AvgIpc) is 2.52. The Hall–Kier alpha value is -2.31. The van der Waals surface area contributed by atoms with Crippen molar-refractivity contribution in [1.82, 2.24) is 10.2 Å². The van der Waals surface area contributed by atoms with Crippen LogP contribution in [0.25, 0.3) is 0 Å². The highest BCUT2D eigenvalue weighted by Crippen LogP contribution is 2.20. The number of primary amides is 1. The number of nitrogens with zero attached hydrogens (tertiary/aromatic N) is 2. The van der Waals surface area contributed by atoms with Gasteiger partial charge >= 0.3 is 6.03 Å². The zero-order valence-electron chi connectivity index (χ0n) is 12.4. The molecule has 0 bridgehead atoms. The number of urea groups is 1. The Bertz CT molecular complexity index is 530. The predicted molar refractivity (Wildman–Crippen MR) is 82.0 cm³/mol. The van der Waals surface area contributed by atoms with E-state index in [1.807, 2.05) is 11.0 Å². The molecule has 0 radical (unpaired) electrons. The molecule has 1 fully saturated rings. The van der Waals surface area contributed by atoms with Gasteiger partial charge in [-0.05, 0) is 18.6 Å². The van der Waals surface area contributed by atoms with Crippen LogP contribution in [0.4, 0.5) is 14.9 Å². The van der Waals surface area contributed by atoms with E-state index >= 15 is 0 Å². The van der Waals surface area contributed by atoms with Gasteiger partial charge in [0, 0.05) is 39.1 Å². The number of halogens is 1. The van der Waals surface area contributed by atoms with Gasteiger partial charge < -0.3 is 20.9 Å². The van der Waals surface area contributed by atoms with Crippen LogP contribution in [0.3, 0.4) is 0 Å². The molecule has 0 unspecified atom stereocenters. The maximum Gasteiger partial charge on any atom is 0.312 e. The van der Waals surface area contributed by atoms with Crippen molar-refractivity contribution in [3.63, 3.8) is 0 Å². The third kappa shape index (κ3) is 4.34. The second kappa shape index (κ2) is 7.63. The number of piperazine rings is 1. The molecule has 1 aromatic carbocycles. The van der Waals surface area contributed by atoms with Crippen molar-refractivity contribution in [2.45, 2.75) is 12.8 Å². The quantitative estimate of drug-likeness (QED) is 0.794. The first-order chi connectivity index (χ1) is 10.6. The topological polar surface area (TPSA) is 78.7 Å². The number of carbonyl (C=O) groups is 2. The Morgan fingerprint density at radius 2 is 1.86 bits per heavy atom. The second-order valence-electron chi connectivity index (χ2n) is 5.21. The molecule has 2 rings (SSSR count). The van der Waals surface area contributed by atoms with Gasteiger partial charge in [0.25, 0.3) is 0 Å². The van der Waals surface area contributed by atoms with Crippen molar-refractivity contribution in [1.29, 1.82) is 0 Å². The minimum absolute atomic E-state index is 0.0551. The van der Waals surface area contributed by atoms with Crippen molar-refractivity contribution in [2.75, 3.05) is 37.6 Å². The fraction of sp³-hybridized carbons (Fsp3) is 0.467. The van der Waals surface area contributed by atoms with Crippen LogP contribution >= 0.6 is 0 Å². The molecule has 0 atom stereocenters. The summed E-state index contributed by atoms with van der Waals surface area (Å²) < 4.78 is 13.7. The molecular weight excluding hydrogens is 287 g/mol. The molecule has 1 heterocycles. The van der Waals surface area contributed by atoms with E-state index in [1.54, 1.807) is 17.0 Å². The summed E-state index contributed by atoms with van der Waals surface area (Å²) in [6, 6.07) is 6.09. The Kier molecular flexibility index (Phi) is 5.57. The summed E-state index contributed by atoms with van der Waals surface area (Å²) in [5.74, 6) is -0.181. The first-order valence-electron chi connectivity index (χ1n) is 7.38. The molecular formula is C15H21FN4O2. The zero-order chi connectivity index (χ0) is 15.9. The van der Waals surface area contributed by atoms with Gasteiger partial charge in [-0.1, -0.05) is 12.1 Å². The van der Waals surface area contributed by atoms with Gasteiger partial charge in [0.05, 0.1) is 5.69 Å². The summed E-state index contributed by atoms with van der Waals surface area (Å²) in [5, 5.41) is 2.46. The van der Waals surface area contributed by atoms with E-state index in [1.165, 1.54) is 6.07 Å². The van der Waals surface area contributed by atoms with Crippen molar-refractivity contribution in [2.24, 2.45) is 5.73 Å². The number of hydrogen-bond acceptors (Lipinski definition) is 3. The first kappa shape index (κ1) is 16.1. The first-order valence-corrected chi connectivity index (χ1v) is 7.38. The Labute approximate surface area is 129 Å². The summed E-state index contributed by atoms with van der Waals surface area (Å²) in [7, 11) is 0. The number of rotatable bonds is 5. The largest absolute Gasteiger partial charge is 0.366 e. The molecule has 22 heavy (non-hydrogen) atoms. The van der Waals surface area contributed by atoms with Gasteiger partial charge in [0.2, 0.25) is 5.91 Å². The molecule has 7 heteroatoms. The Morgan fingerprint density at radius 1 is 1.18 bits per heavy atom. The molecule has 3 N–H and O–H groups in total. The van der Waals surface area contributed by atoms with Gasteiger partial charge in [-0.15, -0.1) is 0 Å². The molecule has 0 spiro atoms. The normalized spacial score (nSPS) is 14.8. The molecule has 1 aliphatic heterocycles. The van der Waals surface area contributed by atoms with Crippen LogP contribution < -0.4 is 16.0 Å². The lowest BCUT2D eigenvalue weighted by Crippen LogP contribution is -2.49. The lowest BCUT2D eigenvalue weighted by molar-refractivity contribution is -0.131. The van der Waals surface area contributed by atoms with E-state index in [4.69, 9.17) is 5.73 Å². The molecule has 0 saturated carbocycles. The number of benzene rings is 1. The van der Waals surface area contributed by atoms with Crippen LogP contribution in [0.2, 0.25) is 0 Å². The Balaban J connectivity index is 1.76. The summed E-state index contributed by atoms with van der Waals surface area (Å²) in [4.78, 5) is 26.3. The predicted octanol–water partition coefficient (Wildman–Crippen LogP) is 0.923. The van der Waals surface area contributed by atoms with E-state index in [2.05, 4.69) is 5.32 Å². The zero-order valence-corrected chi connectivity index (χ0v) is 12.4. The highest BCUT2D eigenvalue weighted by atomic mass is 19.1. The standard InChI is InChI=1S/C15H21FN4O2/c16-12-4-1-2-5-13(12)19-8-10-20(11-9-19)14(21)6-3-7-18-15(17)22/h1-2,4-5H,3,6-11H2,(H3,17,18,22). The highest BCUT2D eigenvalue weighted by molar-refractivity contribution is 5.76. The van der Waals surface area contributed by atoms with E-state index in [9.17, 15) is 14.0 Å². The van der Waals surface area contributed by atoms with Crippen LogP contribution in [0.15, 0.2) is 24.3 Å². The fourth-order valence-corrected chi connectivity index (χ4v) is 2.51. The fourth-order valence-electron chi connectivity index (χ4n) is 2.51. The SMILES string of the molecule is NC(=O)NCCCC(=O)N1CCN(c2ccccc2F)CC1. The number of nitrogens with one attached hydrogen (secondary N) is 1. The second-order valence-corrected chi connectivity index (χ2v) is 5.21. The molecule has 1 aromatic rings. The van der Waals surface area contributed by atoms with E-state index in [0.717, 1.165) is 0 Å². The lowest BCUT2D eigenvalue weighted by Gasteiger charge is -2.36. The van der Waals surface area contributed by atoms with Gasteiger partial charge in [0.15, 0.2) is 0 Å². The van der Waals surface area contributed by atoms with E-state index in [-0.39, 0.29) is 11.7 Å². The molecule has 1 aliphatic rings. The summed E-state index contributed by atoms with van der Waals surface area (Å²) in [6.07, 6.45) is 0.940. The van der Waals surface area contributed by atoms with Crippen molar-refractivity contribution >= 4 is 17.6 Å². The monoisotopic (exact) mass is 308 g/mol. The van der Waals surface area contributed by atoms with Crippen molar-refractivity contribution in [3.8, 4) is 0 Å². The van der Waals surface area contributed by atoms with Crippen LogP contribution in [-0.4, -0.2) is 49.6 Å². The smallest absolute Gasteiger partial charge is 0.312 e. The van der Waals surface area contributed by atoms with E-state index in [0.29, 0.717) is 51.3 Å². The van der Waals surface area contributed by atoms with Crippen LogP contribution in [0, 0.1) is 5.82 Å². The third-order valence-electron chi connectivity index (χ3n) is 3.69. The van der Waals surface area contributed by atoms with Crippen LogP contribution in [0.1, 0.15) is 12.8 Å². The number of anilines is 1. The van der Waals surface area contributed by atoms with Gasteiger partial charge in [-0.25, -0.2) is 9.18 Å². The van der Waals surface area contributed by atoms with Crippen molar-refractivity contribution in [3.05, 3.63) is 30.1 Å². The molecule has 1 saturated heterocycles. The maximum absolute atomic E-state index is 13.7. The summed E-state index contributed by atoms with van der Waals surface area (Å²) >= 11 is 0. The molecule has 120 valence electrons. The highest BCUT2D eigenvalue weighted by Gasteiger charge is 2.22. The molecule has 3 amide bonds. The molecule has 6 nitrogen and oxygen atoms in total. The lowest BCUT2D eigenvalue weighted by atomic mass is 10.2. The summed E-state index contributed by atoms with van der Waals surface area (Å²) in [5.41, 5.74) is 5.54. The van der Waals surface area contributed by atoms with E-state index < -0.39 is 6.03 Å².